The fourth-order valence-corrected chi connectivity index (χ4v) is 3.71. The third kappa shape index (κ3) is 3.28. The van der Waals surface area contributed by atoms with E-state index in [0.29, 0.717) is 33.8 Å². The van der Waals surface area contributed by atoms with Crippen molar-refractivity contribution in [1.29, 1.82) is 0 Å². The summed E-state index contributed by atoms with van der Waals surface area (Å²) in [6, 6.07) is 8.36. The summed E-state index contributed by atoms with van der Waals surface area (Å²) >= 11 is 0. The van der Waals surface area contributed by atoms with Crippen LogP contribution in [0, 0.1) is 12.3 Å². The highest BCUT2D eigenvalue weighted by molar-refractivity contribution is 5.83. The molecular weight excluding hydrogens is 381 g/mol. The largest absolute Gasteiger partial charge is 0.397 e. The van der Waals surface area contributed by atoms with Gasteiger partial charge in [-0.3, -0.25) is 14.9 Å². The van der Waals surface area contributed by atoms with Gasteiger partial charge in [0.05, 0.1) is 23.9 Å². The summed E-state index contributed by atoms with van der Waals surface area (Å²) in [5.74, 6) is 0. The van der Waals surface area contributed by atoms with Gasteiger partial charge in [0, 0.05) is 41.2 Å². The molecule has 1 aliphatic carbocycles. The van der Waals surface area contributed by atoms with Crippen molar-refractivity contribution in [3.63, 3.8) is 0 Å². The Morgan fingerprint density at radius 3 is 2.69 bits per heavy atom. The van der Waals surface area contributed by atoms with E-state index in [1.54, 1.807) is 31.3 Å². The number of aromatic nitrogens is 4. The van der Waals surface area contributed by atoms with Gasteiger partial charge in [0.25, 0.3) is 5.56 Å². The Morgan fingerprint density at radius 1 is 1.21 bits per heavy atom. The summed E-state index contributed by atoms with van der Waals surface area (Å²) in [5, 5.41) is 6.65. The number of hydrogen-bond acceptors (Lipinski definition) is 3. The van der Waals surface area contributed by atoms with Crippen molar-refractivity contribution in [2.45, 2.75) is 33.0 Å². The van der Waals surface area contributed by atoms with Crippen LogP contribution in [0.1, 0.15) is 35.1 Å². The minimum absolute atomic E-state index is 0.206. The first-order chi connectivity index (χ1) is 13.7. The van der Waals surface area contributed by atoms with Crippen LogP contribution in [0.15, 0.2) is 53.6 Å². The van der Waals surface area contributed by atoms with Gasteiger partial charge in [-0.05, 0) is 37.6 Å². The van der Waals surface area contributed by atoms with E-state index in [4.69, 9.17) is 0 Å². The molecule has 3 heterocycles. The van der Waals surface area contributed by atoms with Crippen LogP contribution in [-0.4, -0.2) is 25.9 Å². The summed E-state index contributed by atoms with van der Waals surface area (Å²) < 4.78 is 42.9. The van der Waals surface area contributed by atoms with Crippen LogP contribution in [0.2, 0.25) is 0 Å². The number of nitrogens with zero attached hydrogens (tertiary/aromatic N) is 3. The Balaban J connectivity index is 1.88. The third-order valence-corrected chi connectivity index (χ3v) is 5.45. The molecule has 3 aromatic rings. The van der Waals surface area contributed by atoms with E-state index in [9.17, 15) is 18.0 Å². The molecular formula is C21H19F3N4O. The van der Waals surface area contributed by atoms with Crippen LogP contribution in [0.25, 0.3) is 5.57 Å². The van der Waals surface area contributed by atoms with Crippen LogP contribution < -0.4 is 5.56 Å². The van der Waals surface area contributed by atoms with Crippen molar-refractivity contribution in [3.05, 3.63) is 87.4 Å². The summed E-state index contributed by atoms with van der Waals surface area (Å²) in [6.07, 6.45) is -0.206. The smallest absolute Gasteiger partial charge is 0.306 e. The van der Waals surface area contributed by atoms with E-state index in [0.717, 1.165) is 0 Å². The van der Waals surface area contributed by atoms with E-state index in [-0.39, 0.29) is 18.5 Å². The minimum atomic E-state index is -4.42. The Labute approximate surface area is 164 Å². The van der Waals surface area contributed by atoms with Gasteiger partial charge >= 0.3 is 6.18 Å². The Kier molecular flexibility index (Phi) is 4.44. The van der Waals surface area contributed by atoms with Gasteiger partial charge in [-0.15, -0.1) is 0 Å². The van der Waals surface area contributed by atoms with Crippen LogP contribution in [0.3, 0.4) is 0 Å². The highest BCUT2D eigenvalue weighted by Gasteiger charge is 2.52. The molecule has 1 aliphatic rings. The second kappa shape index (κ2) is 6.72. The molecule has 0 aliphatic heterocycles. The molecule has 0 saturated carbocycles. The maximum atomic E-state index is 13.8. The second-order valence-corrected chi connectivity index (χ2v) is 7.49. The van der Waals surface area contributed by atoms with Crippen molar-refractivity contribution in [1.82, 2.24) is 19.7 Å². The summed E-state index contributed by atoms with van der Waals surface area (Å²) in [4.78, 5) is 16.7. The number of fused-ring (bicyclic) bond motifs is 1. The maximum absolute atomic E-state index is 13.8. The number of aromatic amines is 1. The van der Waals surface area contributed by atoms with Gasteiger partial charge < -0.3 is 4.57 Å². The molecule has 0 fully saturated rings. The van der Waals surface area contributed by atoms with Crippen molar-refractivity contribution < 1.29 is 13.2 Å². The number of pyridine rings is 2. The predicted molar refractivity (Wildman–Crippen MR) is 102 cm³/mol. The fraction of sp³-hybridized carbons (Fsp3) is 0.286. The highest BCUT2D eigenvalue weighted by atomic mass is 19.4. The number of halogens is 3. The van der Waals surface area contributed by atoms with Crippen LogP contribution in [0.5, 0.6) is 0 Å². The standard InChI is InChI=1S/C21H19F3N4O/c1-13-15(6-7-19(29)28(13)12-14-5-3-4-8-25-14)16-9-20(2,21(22,23)24)10-18-17(16)11-26-27-18/h3-9,11H,10,12H2,1-2H3,(H,26,27). The van der Waals surface area contributed by atoms with Crippen molar-refractivity contribution >= 4 is 5.57 Å². The van der Waals surface area contributed by atoms with Gasteiger partial charge in [0.2, 0.25) is 0 Å². The number of H-pyrrole nitrogens is 1. The molecule has 0 saturated heterocycles. The van der Waals surface area contributed by atoms with Crippen molar-refractivity contribution in [2.24, 2.45) is 5.41 Å². The summed E-state index contributed by atoms with van der Waals surface area (Å²) in [6.45, 7) is 3.15. The van der Waals surface area contributed by atoms with E-state index < -0.39 is 11.6 Å². The molecule has 3 aromatic heterocycles. The molecule has 5 nitrogen and oxygen atoms in total. The maximum Gasteiger partial charge on any atom is 0.397 e. The quantitative estimate of drug-likeness (QED) is 0.726. The number of nitrogens with one attached hydrogen (secondary N) is 1. The Hall–Kier alpha value is -3.16. The monoisotopic (exact) mass is 400 g/mol. The average Bonchev–Trinajstić information content (AvgIpc) is 3.13. The first-order valence-electron chi connectivity index (χ1n) is 9.12. The third-order valence-electron chi connectivity index (χ3n) is 5.45. The normalized spacial score (nSPS) is 19.0. The van der Waals surface area contributed by atoms with Crippen molar-refractivity contribution in [3.8, 4) is 0 Å². The van der Waals surface area contributed by atoms with E-state index >= 15 is 0 Å². The zero-order valence-corrected chi connectivity index (χ0v) is 15.9. The van der Waals surface area contributed by atoms with E-state index in [1.165, 1.54) is 29.8 Å². The zero-order valence-electron chi connectivity index (χ0n) is 15.9. The number of rotatable bonds is 3. The fourth-order valence-electron chi connectivity index (χ4n) is 3.71. The second-order valence-electron chi connectivity index (χ2n) is 7.49. The summed E-state index contributed by atoms with van der Waals surface area (Å²) in [7, 11) is 0. The molecule has 4 rings (SSSR count). The molecule has 0 aromatic carbocycles. The molecule has 8 heteroatoms. The lowest BCUT2D eigenvalue weighted by Gasteiger charge is -2.33. The van der Waals surface area contributed by atoms with Crippen molar-refractivity contribution in [2.75, 3.05) is 0 Å². The summed E-state index contributed by atoms with van der Waals surface area (Å²) in [5.41, 5.74) is 1.05. The lowest BCUT2D eigenvalue weighted by Crippen LogP contribution is -2.37. The molecule has 150 valence electrons. The van der Waals surface area contributed by atoms with Gasteiger partial charge in [-0.2, -0.15) is 18.3 Å². The molecule has 1 N–H and O–H groups in total. The minimum Gasteiger partial charge on any atom is -0.306 e. The molecule has 29 heavy (non-hydrogen) atoms. The Morgan fingerprint density at radius 2 is 2.00 bits per heavy atom. The first-order valence-corrected chi connectivity index (χ1v) is 9.12. The molecule has 1 atom stereocenters. The molecule has 0 spiro atoms. The lowest BCUT2D eigenvalue weighted by molar-refractivity contribution is -0.200. The van der Waals surface area contributed by atoms with E-state index in [2.05, 4.69) is 15.2 Å². The van der Waals surface area contributed by atoms with Crippen LogP contribution >= 0.6 is 0 Å². The molecule has 0 radical (unpaired) electrons. The lowest BCUT2D eigenvalue weighted by atomic mass is 9.75. The molecule has 1 unspecified atom stereocenters. The molecule has 0 amide bonds. The zero-order chi connectivity index (χ0) is 20.8. The number of allylic oxidation sites excluding steroid dienone is 1. The SMILES string of the molecule is Cc1c(C2=CC(C)(C(F)(F)F)Cc3[nH]ncc32)ccc(=O)n1Cc1ccccn1. The predicted octanol–water partition coefficient (Wildman–Crippen LogP) is 3.88. The van der Waals surface area contributed by atoms with E-state index in [1.807, 2.05) is 6.07 Å². The van der Waals surface area contributed by atoms with Gasteiger partial charge in [-0.1, -0.05) is 12.1 Å². The van der Waals surface area contributed by atoms with Gasteiger partial charge in [0.1, 0.15) is 0 Å². The first kappa shape index (κ1) is 19.2. The van der Waals surface area contributed by atoms with Crippen LogP contribution in [-0.2, 0) is 13.0 Å². The van der Waals surface area contributed by atoms with Gasteiger partial charge in [0.15, 0.2) is 0 Å². The average molecular weight is 400 g/mol. The molecule has 0 bridgehead atoms. The number of hydrogen-bond donors (Lipinski definition) is 1. The topological polar surface area (TPSA) is 63.6 Å². The highest BCUT2D eigenvalue weighted by Crippen LogP contribution is 2.48. The Bertz CT molecular complexity index is 1140. The number of alkyl halides is 3. The van der Waals surface area contributed by atoms with Crippen LogP contribution in [0.4, 0.5) is 13.2 Å². The van der Waals surface area contributed by atoms with Gasteiger partial charge in [-0.25, -0.2) is 0 Å².